The molecule has 6 heteroatoms. The Morgan fingerprint density at radius 3 is 2.53 bits per heavy atom. The van der Waals surface area contributed by atoms with E-state index in [4.69, 9.17) is 0 Å². The summed E-state index contributed by atoms with van der Waals surface area (Å²) in [6.45, 7) is 0. The first-order valence-corrected chi connectivity index (χ1v) is 9.72. The Hall–Kier alpha value is 0.640. The Bertz CT molecular complexity index is 586. The fraction of sp³-hybridized carbons (Fsp3) is 0. The van der Waals surface area contributed by atoms with Gasteiger partial charge in [-0.3, -0.25) is 0 Å². The van der Waals surface area contributed by atoms with Crippen molar-refractivity contribution in [1.82, 2.24) is 0 Å². The van der Waals surface area contributed by atoms with E-state index in [-0.39, 0.29) is 0 Å². The number of rotatable bonds is 1. The van der Waals surface area contributed by atoms with Crippen molar-refractivity contribution >= 4 is 78.7 Å². The van der Waals surface area contributed by atoms with Gasteiger partial charge in [0, 0.05) is 19.5 Å². The number of hydrogen-bond donors (Lipinski definition) is 0. The van der Waals surface area contributed by atoms with Crippen LogP contribution < -0.4 is 0 Å². The van der Waals surface area contributed by atoms with Crippen LogP contribution in [0.5, 0.6) is 0 Å². The second kappa shape index (κ2) is 4.49. The number of benzene rings is 1. The lowest BCUT2D eigenvalue weighted by Gasteiger charge is -1.97. The average molecular weight is 433 g/mol. The van der Waals surface area contributed by atoms with E-state index in [1.165, 1.54) is 11.3 Å². The highest BCUT2D eigenvalue weighted by atomic mass is 79.9. The summed E-state index contributed by atoms with van der Waals surface area (Å²) in [5.74, 6) is 0. The smallest absolute Gasteiger partial charge is 0.128 e. The number of fused-ring (bicyclic) bond motifs is 1. The summed E-state index contributed by atoms with van der Waals surface area (Å²) >= 11 is 11.2. The topological polar surface area (TPSA) is 17.1 Å². The molecule has 0 aliphatic rings. The van der Waals surface area contributed by atoms with Crippen LogP contribution in [-0.2, 0) is 7.96 Å². The van der Waals surface area contributed by atoms with Gasteiger partial charge in [0.25, 0.3) is 0 Å². The van der Waals surface area contributed by atoms with Gasteiger partial charge in [0.1, 0.15) is 2.68 Å². The lowest BCUT2D eigenvalue weighted by Crippen LogP contribution is -1.92. The molecule has 1 atom stereocenters. The number of halogens is 3. The fourth-order valence-corrected chi connectivity index (χ4v) is 5.90. The summed E-state index contributed by atoms with van der Waals surface area (Å²) in [4.78, 5) is 0. The van der Waals surface area contributed by atoms with Crippen LogP contribution in [0.15, 0.2) is 34.5 Å². The molecule has 0 spiro atoms. The molecule has 2 rings (SSSR count). The molecule has 2 aromatic rings. The SMILES string of the molecule is O=S(Br)(=C(Br)Br)c1cc2ccccc2s1. The summed E-state index contributed by atoms with van der Waals surface area (Å²) in [6, 6.07) is 9.93. The van der Waals surface area contributed by atoms with Gasteiger partial charge >= 0.3 is 0 Å². The minimum atomic E-state index is -2.31. The van der Waals surface area contributed by atoms with Crippen molar-refractivity contribution in [2.75, 3.05) is 0 Å². The molecule has 0 aliphatic heterocycles. The van der Waals surface area contributed by atoms with E-state index in [1.807, 2.05) is 30.3 Å². The molecule has 1 nitrogen and oxygen atoms in total. The van der Waals surface area contributed by atoms with Crippen molar-refractivity contribution in [3.05, 3.63) is 30.3 Å². The second-order valence-electron chi connectivity index (χ2n) is 2.82. The Morgan fingerprint density at radius 2 is 1.93 bits per heavy atom. The van der Waals surface area contributed by atoms with Crippen LogP contribution >= 0.6 is 58.0 Å². The van der Waals surface area contributed by atoms with Gasteiger partial charge in [-0.2, -0.15) is 0 Å². The van der Waals surface area contributed by atoms with Crippen molar-refractivity contribution in [2.45, 2.75) is 4.21 Å². The van der Waals surface area contributed by atoms with Crippen molar-refractivity contribution in [2.24, 2.45) is 0 Å². The predicted octanol–water partition coefficient (Wildman–Crippen LogP) is 4.73. The molecule has 1 aromatic heterocycles. The molecular formula is C9H5Br3OS2. The van der Waals surface area contributed by atoms with Crippen molar-refractivity contribution in [3.63, 3.8) is 0 Å². The predicted molar refractivity (Wildman–Crippen MR) is 80.0 cm³/mol. The molecule has 1 heterocycles. The van der Waals surface area contributed by atoms with Crippen LogP contribution in [0.1, 0.15) is 0 Å². The summed E-state index contributed by atoms with van der Waals surface area (Å²) < 4.78 is 14.7. The Morgan fingerprint density at radius 1 is 1.27 bits per heavy atom. The molecule has 1 aromatic carbocycles. The van der Waals surface area contributed by atoms with E-state index in [9.17, 15) is 4.21 Å². The molecule has 0 bridgehead atoms. The highest BCUT2D eigenvalue weighted by molar-refractivity contribution is 9.55. The van der Waals surface area contributed by atoms with Gasteiger partial charge in [0.05, 0.1) is 12.2 Å². The molecule has 0 N–H and O–H groups in total. The zero-order valence-electron chi connectivity index (χ0n) is 7.25. The van der Waals surface area contributed by atoms with E-state index in [2.05, 4.69) is 46.7 Å². The summed E-state index contributed by atoms with van der Waals surface area (Å²) in [7, 11) is -2.31. The molecule has 1 unspecified atom stereocenters. The normalized spacial score (nSPS) is 15.1. The lowest BCUT2D eigenvalue weighted by molar-refractivity contribution is 0.691. The Labute approximate surface area is 116 Å². The van der Waals surface area contributed by atoms with E-state index in [0.29, 0.717) is 2.68 Å². The molecule has 80 valence electrons. The van der Waals surface area contributed by atoms with Crippen molar-refractivity contribution in [3.8, 4) is 0 Å². The average Bonchev–Trinajstić information content (AvgIpc) is 2.61. The van der Waals surface area contributed by atoms with Crippen LogP contribution in [0.25, 0.3) is 10.1 Å². The minimum Gasteiger partial charge on any atom is -0.249 e. The van der Waals surface area contributed by atoms with E-state index >= 15 is 0 Å². The third kappa shape index (κ3) is 2.34. The highest BCUT2D eigenvalue weighted by Gasteiger charge is 2.14. The minimum absolute atomic E-state index is 0.536. The van der Waals surface area contributed by atoms with E-state index in [0.717, 1.165) is 14.3 Å². The van der Waals surface area contributed by atoms with E-state index < -0.39 is 7.96 Å². The summed E-state index contributed by atoms with van der Waals surface area (Å²) in [6.07, 6.45) is 0. The molecule has 0 radical (unpaired) electrons. The second-order valence-corrected chi connectivity index (χ2v) is 12.4. The first-order chi connectivity index (χ1) is 7.01. The zero-order valence-corrected chi connectivity index (χ0v) is 13.6. The quantitative estimate of drug-likeness (QED) is 0.470. The largest absolute Gasteiger partial charge is 0.249 e. The standard InChI is InChI=1S/C9H5Br3OS2/c10-9(11)15(12,13)8-5-6-3-1-2-4-7(6)14-8/h1-5H. The Kier molecular flexibility index (Phi) is 3.62. The van der Waals surface area contributed by atoms with Gasteiger partial charge < -0.3 is 0 Å². The number of thiophene rings is 1. The van der Waals surface area contributed by atoms with Gasteiger partial charge in [0.15, 0.2) is 0 Å². The molecule has 0 amide bonds. The molecule has 0 saturated carbocycles. The summed E-state index contributed by atoms with van der Waals surface area (Å²) in [5.41, 5.74) is 0. The van der Waals surface area contributed by atoms with Crippen LogP contribution in [0.2, 0.25) is 0 Å². The van der Waals surface area contributed by atoms with Crippen molar-refractivity contribution in [1.29, 1.82) is 0 Å². The maximum Gasteiger partial charge on any atom is 0.128 e. The molecular weight excluding hydrogens is 428 g/mol. The maximum atomic E-state index is 12.3. The molecule has 0 fully saturated rings. The maximum absolute atomic E-state index is 12.3. The van der Waals surface area contributed by atoms with Crippen LogP contribution in [0.3, 0.4) is 0 Å². The van der Waals surface area contributed by atoms with Crippen molar-refractivity contribution < 1.29 is 4.21 Å². The van der Waals surface area contributed by atoms with Gasteiger partial charge in [0.2, 0.25) is 0 Å². The Balaban J connectivity index is 2.76. The summed E-state index contributed by atoms with van der Waals surface area (Å²) in [5, 5.41) is 1.12. The molecule has 0 aliphatic carbocycles. The first kappa shape index (κ1) is 12.1. The first-order valence-electron chi connectivity index (χ1n) is 3.92. The molecule has 15 heavy (non-hydrogen) atoms. The zero-order chi connectivity index (χ0) is 11.1. The van der Waals surface area contributed by atoms with Crippen LogP contribution in [0, 0.1) is 0 Å². The highest BCUT2D eigenvalue weighted by Crippen LogP contribution is 2.34. The lowest BCUT2D eigenvalue weighted by atomic mass is 10.3. The van der Waals surface area contributed by atoms with Crippen LogP contribution in [0.4, 0.5) is 0 Å². The van der Waals surface area contributed by atoms with Gasteiger partial charge in [-0.15, -0.1) is 11.3 Å². The van der Waals surface area contributed by atoms with Crippen LogP contribution in [-0.4, -0.2) is 6.89 Å². The van der Waals surface area contributed by atoms with Gasteiger partial charge in [-0.05, 0) is 49.4 Å². The monoisotopic (exact) mass is 430 g/mol. The fourth-order valence-electron chi connectivity index (χ4n) is 1.16. The van der Waals surface area contributed by atoms with E-state index in [1.54, 1.807) is 0 Å². The number of hydrogen-bond acceptors (Lipinski definition) is 2. The van der Waals surface area contributed by atoms with Gasteiger partial charge in [-0.25, -0.2) is 4.21 Å². The third-order valence-electron chi connectivity index (χ3n) is 1.86. The van der Waals surface area contributed by atoms with Gasteiger partial charge in [-0.1, -0.05) is 18.2 Å². The molecule has 0 saturated heterocycles. The third-order valence-corrected chi connectivity index (χ3v) is 12.8.